The second-order valence-corrected chi connectivity index (χ2v) is 5.23. The van der Waals surface area contributed by atoms with Crippen LogP contribution in [0.2, 0.25) is 5.02 Å². The highest BCUT2D eigenvalue weighted by Crippen LogP contribution is 2.44. The van der Waals surface area contributed by atoms with Gasteiger partial charge < -0.3 is 15.2 Å². The number of rotatable bonds is 1. The maximum atomic E-state index is 13.4. The van der Waals surface area contributed by atoms with Crippen LogP contribution in [0.25, 0.3) is 0 Å². The molecule has 6 heteroatoms. The van der Waals surface area contributed by atoms with Crippen LogP contribution in [0.3, 0.4) is 0 Å². The molecular formula is C12H13ClFNO3. The first-order valence-corrected chi connectivity index (χ1v) is 5.84. The molecule has 1 heterocycles. The molecule has 0 fully saturated rings. The zero-order valence-electron chi connectivity index (χ0n) is 9.96. The summed E-state index contributed by atoms with van der Waals surface area (Å²) >= 11 is 5.87. The lowest BCUT2D eigenvalue weighted by atomic mass is 9.90. The van der Waals surface area contributed by atoms with Crippen molar-refractivity contribution < 1.29 is 19.0 Å². The molecule has 1 unspecified atom stereocenters. The van der Waals surface area contributed by atoms with E-state index in [2.05, 4.69) is 5.32 Å². The highest BCUT2D eigenvalue weighted by molar-refractivity contribution is 6.32. The lowest BCUT2D eigenvalue weighted by Gasteiger charge is -2.37. The SMILES string of the molecule is CC1(C)CC(NC(=O)O)c2ccc(F)c(Cl)c2O1. The molecule has 18 heavy (non-hydrogen) atoms. The first kappa shape index (κ1) is 13.0. The minimum atomic E-state index is -1.14. The van der Waals surface area contributed by atoms with Crippen LogP contribution in [0.15, 0.2) is 12.1 Å². The van der Waals surface area contributed by atoms with Gasteiger partial charge in [-0.1, -0.05) is 17.7 Å². The van der Waals surface area contributed by atoms with Gasteiger partial charge in [0.15, 0.2) is 0 Å². The van der Waals surface area contributed by atoms with Crippen LogP contribution in [0.4, 0.5) is 9.18 Å². The van der Waals surface area contributed by atoms with Crippen molar-refractivity contribution in [3.05, 3.63) is 28.5 Å². The van der Waals surface area contributed by atoms with Crippen LogP contribution >= 0.6 is 11.6 Å². The largest absolute Gasteiger partial charge is 0.486 e. The van der Waals surface area contributed by atoms with Crippen LogP contribution in [0.5, 0.6) is 5.75 Å². The molecule has 98 valence electrons. The van der Waals surface area contributed by atoms with E-state index in [-0.39, 0.29) is 10.8 Å². The van der Waals surface area contributed by atoms with Crippen LogP contribution < -0.4 is 10.1 Å². The third-order valence-electron chi connectivity index (χ3n) is 2.83. The molecule has 1 amide bonds. The van der Waals surface area contributed by atoms with Gasteiger partial charge in [-0.25, -0.2) is 9.18 Å². The summed E-state index contributed by atoms with van der Waals surface area (Å²) in [5, 5.41) is 11.1. The molecule has 2 rings (SSSR count). The van der Waals surface area contributed by atoms with E-state index < -0.39 is 23.6 Å². The van der Waals surface area contributed by atoms with Gasteiger partial charge in [0, 0.05) is 12.0 Å². The number of benzene rings is 1. The molecule has 0 radical (unpaired) electrons. The number of hydrogen-bond acceptors (Lipinski definition) is 2. The van der Waals surface area contributed by atoms with Crippen molar-refractivity contribution >= 4 is 17.7 Å². The monoisotopic (exact) mass is 273 g/mol. The van der Waals surface area contributed by atoms with Gasteiger partial charge >= 0.3 is 6.09 Å². The maximum Gasteiger partial charge on any atom is 0.405 e. The minimum absolute atomic E-state index is 0.113. The average Bonchev–Trinajstić information content (AvgIpc) is 2.22. The summed E-state index contributed by atoms with van der Waals surface area (Å²) in [5.41, 5.74) is -0.0551. The van der Waals surface area contributed by atoms with E-state index in [4.69, 9.17) is 21.4 Å². The fourth-order valence-corrected chi connectivity index (χ4v) is 2.33. The van der Waals surface area contributed by atoms with Crippen molar-refractivity contribution in [1.29, 1.82) is 0 Å². The Hall–Kier alpha value is -1.49. The van der Waals surface area contributed by atoms with Gasteiger partial charge in [0.2, 0.25) is 0 Å². The Bertz CT molecular complexity index is 504. The average molecular weight is 274 g/mol. The van der Waals surface area contributed by atoms with Gasteiger partial charge in [-0.2, -0.15) is 0 Å². The summed E-state index contributed by atoms with van der Waals surface area (Å²) in [5.74, 6) is -0.367. The topological polar surface area (TPSA) is 58.6 Å². The molecule has 1 aliphatic rings. The third kappa shape index (κ3) is 2.36. The summed E-state index contributed by atoms with van der Waals surface area (Å²) in [6, 6.07) is 2.24. The highest BCUT2D eigenvalue weighted by Gasteiger charge is 2.36. The first-order valence-electron chi connectivity index (χ1n) is 5.46. The molecule has 1 aliphatic heterocycles. The van der Waals surface area contributed by atoms with E-state index in [1.54, 1.807) is 13.8 Å². The fourth-order valence-electron chi connectivity index (χ4n) is 2.12. The number of carboxylic acid groups (broad SMARTS) is 1. The van der Waals surface area contributed by atoms with Crippen molar-refractivity contribution in [3.8, 4) is 5.75 Å². The smallest absolute Gasteiger partial charge is 0.405 e. The Kier molecular flexibility index (Phi) is 3.11. The van der Waals surface area contributed by atoms with Gasteiger partial charge in [0.1, 0.15) is 22.2 Å². The Morgan fingerprint density at radius 3 is 2.89 bits per heavy atom. The first-order chi connectivity index (χ1) is 8.30. The number of amides is 1. The molecule has 0 aromatic heterocycles. The zero-order valence-corrected chi connectivity index (χ0v) is 10.7. The van der Waals surface area contributed by atoms with Crippen LogP contribution in [-0.4, -0.2) is 16.8 Å². The molecule has 1 aromatic rings. The predicted octanol–water partition coefficient (Wildman–Crippen LogP) is 3.35. The van der Waals surface area contributed by atoms with E-state index >= 15 is 0 Å². The molecule has 0 bridgehead atoms. The van der Waals surface area contributed by atoms with Crippen molar-refractivity contribution in [2.24, 2.45) is 0 Å². The lowest BCUT2D eigenvalue weighted by molar-refractivity contribution is 0.0656. The van der Waals surface area contributed by atoms with Crippen molar-refractivity contribution in [1.82, 2.24) is 5.32 Å². The van der Waals surface area contributed by atoms with Crippen LogP contribution in [-0.2, 0) is 0 Å². The van der Waals surface area contributed by atoms with E-state index in [0.29, 0.717) is 12.0 Å². The van der Waals surface area contributed by atoms with E-state index in [1.807, 2.05) is 0 Å². The fraction of sp³-hybridized carbons (Fsp3) is 0.417. The van der Waals surface area contributed by atoms with Crippen LogP contribution in [0.1, 0.15) is 31.9 Å². The number of carbonyl (C=O) groups is 1. The molecule has 0 saturated heterocycles. The van der Waals surface area contributed by atoms with Gasteiger partial charge in [-0.05, 0) is 19.9 Å². The Morgan fingerprint density at radius 2 is 2.28 bits per heavy atom. The minimum Gasteiger partial charge on any atom is -0.486 e. The third-order valence-corrected chi connectivity index (χ3v) is 3.18. The van der Waals surface area contributed by atoms with Gasteiger partial charge in [0.05, 0.1) is 6.04 Å². The molecule has 0 spiro atoms. The molecule has 0 aliphatic carbocycles. The Morgan fingerprint density at radius 1 is 1.61 bits per heavy atom. The number of nitrogens with one attached hydrogen (secondary N) is 1. The molecule has 0 saturated carbocycles. The van der Waals surface area contributed by atoms with E-state index in [0.717, 1.165) is 0 Å². The van der Waals surface area contributed by atoms with E-state index in [9.17, 15) is 9.18 Å². The molecule has 2 N–H and O–H groups in total. The Labute approximate surface area is 109 Å². The lowest BCUT2D eigenvalue weighted by Crippen LogP contribution is -2.41. The summed E-state index contributed by atoms with van der Waals surface area (Å²) in [6.45, 7) is 3.60. The molecule has 1 atom stereocenters. The normalized spacial score (nSPS) is 20.8. The van der Waals surface area contributed by atoms with Crippen LogP contribution in [0, 0.1) is 5.82 Å². The van der Waals surface area contributed by atoms with E-state index in [1.165, 1.54) is 12.1 Å². The summed E-state index contributed by atoms with van der Waals surface area (Å²) in [4.78, 5) is 10.8. The number of fused-ring (bicyclic) bond motifs is 1. The second-order valence-electron chi connectivity index (χ2n) is 4.85. The highest BCUT2D eigenvalue weighted by atomic mass is 35.5. The summed E-state index contributed by atoms with van der Waals surface area (Å²) in [7, 11) is 0. The Balaban J connectivity index is 2.49. The number of ether oxygens (including phenoxy) is 1. The number of hydrogen-bond donors (Lipinski definition) is 2. The molecule has 1 aromatic carbocycles. The standard InChI is InChI=1S/C12H13ClFNO3/c1-12(2)5-8(15-11(16)17)6-3-4-7(14)9(13)10(6)18-12/h3-4,8,15H,5H2,1-2H3,(H,16,17). The second kappa shape index (κ2) is 4.31. The van der Waals surface area contributed by atoms with Gasteiger partial charge in [-0.15, -0.1) is 0 Å². The van der Waals surface area contributed by atoms with Gasteiger partial charge in [-0.3, -0.25) is 0 Å². The van der Waals surface area contributed by atoms with Crippen molar-refractivity contribution in [2.45, 2.75) is 31.9 Å². The molecule has 4 nitrogen and oxygen atoms in total. The summed E-state index contributed by atoms with van der Waals surface area (Å²) in [6.07, 6.45) is -0.682. The quantitative estimate of drug-likeness (QED) is 0.825. The van der Waals surface area contributed by atoms with Crippen molar-refractivity contribution in [3.63, 3.8) is 0 Å². The zero-order chi connectivity index (χ0) is 13.5. The summed E-state index contributed by atoms with van der Waals surface area (Å²) < 4.78 is 19.0. The number of halogens is 2. The maximum absolute atomic E-state index is 13.4. The van der Waals surface area contributed by atoms with Gasteiger partial charge in [0.25, 0.3) is 0 Å². The predicted molar refractivity (Wildman–Crippen MR) is 64.6 cm³/mol. The molecular weight excluding hydrogens is 261 g/mol. The van der Waals surface area contributed by atoms with Crippen molar-refractivity contribution in [2.75, 3.05) is 0 Å².